The lowest BCUT2D eigenvalue weighted by atomic mass is 9.81. The smallest absolute Gasteiger partial charge is 0.0577 e. The summed E-state index contributed by atoms with van der Waals surface area (Å²) in [6, 6.07) is 0. The van der Waals surface area contributed by atoms with Crippen LogP contribution in [0.2, 0.25) is 0 Å². The molecule has 76 valence electrons. The van der Waals surface area contributed by atoms with E-state index in [0.717, 1.165) is 24.9 Å². The van der Waals surface area contributed by atoms with Gasteiger partial charge in [0, 0.05) is 6.61 Å². The minimum Gasteiger partial charge on any atom is -0.378 e. The zero-order valence-corrected chi connectivity index (χ0v) is 9.18. The summed E-state index contributed by atoms with van der Waals surface area (Å²) >= 11 is 0. The van der Waals surface area contributed by atoms with Crippen molar-refractivity contribution in [3.05, 3.63) is 12.2 Å². The van der Waals surface area contributed by atoms with Gasteiger partial charge in [-0.05, 0) is 44.9 Å². The van der Waals surface area contributed by atoms with Crippen LogP contribution in [0.3, 0.4) is 0 Å². The number of rotatable bonds is 3. The van der Waals surface area contributed by atoms with Crippen LogP contribution in [0.15, 0.2) is 12.2 Å². The van der Waals surface area contributed by atoms with E-state index < -0.39 is 0 Å². The Balaban J connectivity index is 2.39. The molecule has 1 rings (SSSR count). The largest absolute Gasteiger partial charge is 0.378 e. The molecule has 0 amide bonds. The molecular weight excluding hydrogens is 160 g/mol. The third-order valence-corrected chi connectivity index (χ3v) is 3.19. The Labute approximate surface area is 82.2 Å². The quantitative estimate of drug-likeness (QED) is 0.608. The lowest BCUT2D eigenvalue weighted by molar-refractivity contribution is -0.0441. The Morgan fingerprint density at radius 3 is 2.69 bits per heavy atom. The molecule has 1 aliphatic rings. The van der Waals surface area contributed by atoms with Gasteiger partial charge in [-0.15, -0.1) is 6.58 Å². The van der Waals surface area contributed by atoms with E-state index in [1.165, 1.54) is 18.4 Å². The summed E-state index contributed by atoms with van der Waals surface area (Å²) in [5.41, 5.74) is 1.30. The van der Waals surface area contributed by atoms with Crippen LogP contribution in [0.4, 0.5) is 0 Å². The third kappa shape index (κ3) is 3.15. The maximum absolute atomic E-state index is 5.66. The van der Waals surface area contributed by atoms with Crippen molar-refractivity contribution in [3.63, 3.8) is 0 Å². The first kappa shape index (κ1) is 10.8. The summed E-state index contributed by atoms with van der Waals surface area (Å²) in [5.74, 6) is 1.56. The molecule has 0 radical (unpaired) electrons. The molecular formula is C12H22O. The van der Waals surface area contributed by atoms with E-state index in [9.17, 15) is 0 Å². The molecule has 0 N–H and O–H groups in total. The van der Waals surface area contributed by atoms with E-state index in [0.29, 0.717) is 6.10 Å². The molecule has 1 aliphatic heterocycles. The van der Waals surface area contributed by atoms with Gasteiger partial charge in [-0.25, -0.2) is 0 Å². The van der Waals surface area contributed by atoms with Gasteiger partial charge in [-0.3, -0.25) is 0 Å². The van der Waals surface area contributed by atoms with E-state index >= 15 is 0 Å². The van der Waals surface area contributed by atoms with E-state index in [1.807, 2.05) is 0 Å². The third-order valence-electron chi connectivity index (χ3n) is 3.19. The van der Waals surface area contributed by atoms with Crippen molar-refractivity contribution in [1.29, 1.82) is 0 Å². The fraction of sp³-hybridized carbons (Fsp3) is 0.833. The zero-order valence-electron chi connectivity index (χ0n) is 9.18. The fourth-order valence-corrected chi connectivity index (χ4v) is 2.17. The van der Waals surface area contributed by atoms with Crippen LogP contribution in [0.5, 0.6) is 0 Å². The maximum Gasteiger partial charge on any atom is 0.0577 e. The summed E-state index contributed by atoms with van der Waals surface area (Å²) in [5, 5.41) is 0. The second-order valence-corrected chi connectivity index (χ2v) is 4.50. The van der Waals surface area contributed by atoms with Crippen molar-refractivity contribution in [3.8, 4) is 0 Å². The predicted octanol–water partition coefficient (Wildman–Crippen LogP) is 3.40. The first-order valence-electron chi connectivity index (χ1n) is 5.37. The summed E-state index contributed by atoms with van der Waals surface area (Å²) in [6.45, 7) is 11.6. The van der Waals surface area contributed by atoms with Crippen molar-refractivity contribution in [2.45, 2.75) is 46.1 Å². The molecule has 3 atom stereocenters. The van der Waals surface area contributed by atoms with Crippen LogP contribution in [-0.2, 0) is 4.74 Å². The molecule has 3 unspecified atom stereocenters. The number of hydrogen-bond donors (Lipinski definition) is 0. The van der Waals surface area contributed by atoms with Crippen molar-refractivity contribution in [1.82, 2.24) is 0 Å². The molecule has 0 spiro atoms. The lowest BCUT2D eigenvalue weighted by Gasteiger charge is -2.34. The number of allylic oxidation sites excluding steroid dienone is 1. The number of ether oxygens (including phenoxy) is 1. The van der Waals surface area contributed by atoms with Gasteiger partial charge >= 0.3 is 0 Å². The SMILES string of the molecule is C=C(C)CCC1C(C)CCOC1C. The Hall–Kier alpha value is -0.300. The standard InChI is InChI=1S/C12H22O/c1-9(2)5-6-12-10(3)7-8-13-11(12)4/h10-12H,1,5-8H2,2-4H3. The fourth-order valence-electron chi connectivity index (χ4n) is 2.17. The van der Waals surface area contributed by atoms with Gasteiger partial charge in [-0.1, -0.05) is 12.5 Å². The van der Waals surface area contributed by atoms with E-state index in [2.05, 4.69) is 27.4 Å². The summed E-state index contributed by atoms with van der Waals surface area (Å²) < 4.78 is 5.66. The van der Waals surface area contributed by atoms with E-state index in [1.54, 1.807) is 0 Å². The highest BCUT2D eigenvalue weighted by Gasteiger charge is 2.27. The molecule has 0 aliphatic carbocycles. The van der Waals surface area contributed by atoms with Crippen LogP contribution in [-0.4, -0.2) is 12.7 Å². The first-order valence-corrected chi connectivity index (χ1v) is 5.37. The normalized spacial score (nSPS) is 34.5. The molecule has 1 saturated heterocycles. The van der Waals surface area contributed by atoms with Crippen molar-refractivity contribution in [2.24, 2.45) is 11.8 Å². The molecule has 1 heterocycles. The summed E-state index contributed by atoms with van der Waals surface area (Å²) in [6.07, 6.45) is 4.08. The number of hydrogen-bond acceptors (Lipinski definition) is 1. The van der Waals surface area contributed by atoms with Gasteiger partial charge in [0.2, 0.25) is 0 Å². The molecule has 0 saturated carbocycles. The molecule has 1 fully saturated rings. The minimum atomic E-state index is 0.447. The Morgan fingerprint density at radius 2 is 2.15 bits per heavy atom. The van der Waals surface area contributed by atoms with Gasteiger partial charge in [0.05, 0.1) is 6.10 Å². The van der Waals surface area contributed by atoms with Gasteiger partial charge in [0.1, 0.15) is 0 Å². The van der Waals surface area contributed by atoms with Gasteiger partial charge in [-0.2, -0.15) is 0 Å². The van der Waals surface area contributed by atoms with E-state index in [4.69, 9.17) is 4.74 Å². The van der Waals surface area contributed by atoms with Crippen LogP contribution < -0.4 is 0 Å². The molecule has 0 aromatic rings. The monoisotopic (exact) mass is 182 g/mol. The Bertz CT molecular complexity index is 164. The van der Waals surface area contributed by atoms with Crippen molar-refractivity contribution in [2.75, 3.05) is 6.61 Å². The van der Waals surface area contributed by atoms with Crippen LogP contribution in [0.1, 0.15) is 40.0 Å². The van der Waals surface area contributed by atoms with Gasteiger partial charge in [0.15, 0.2) is 0 Å². The zero-order chi connectivity index (χ0) is 9.84. The molecule has 0 bridgehead atoms. The van der Waals surface area contributed by atoms with Crippen molar-refractivity contribution >= 4 is 0 Å². The second kappa shape index (κ2) is 4.80. The van der Waals surface area contributed by atoms with Crippen LogP contribution in [0, 0.1) is 11.8 Å². The average molecular weight is 182 g/mol. The molecule has 0 aromatic carbocycles. The van der Waals surface area contributed by atoms with Crippen LogP contribution >= 0.6 is 0 Å². The van der Waals surface area contributed by atoms with Gasteiger partial charge in [0.25, 0.3) is 0 Å². The first-order chi connectivity index (χ1) is 6.11. The molecule has 1 nitrogen and oxygen atoms in total. The second-order valence-electron chi connectivity index (χ2n) is 4.50. The topological polar surface area (TPSA) is 9.23 Å². The lowest BCUT2D eigenvalue weighted by Crippen LogP contribution is -2.33. The summed E-state index contributed by atoms with van der Waals surface area (Å²) in [4.78, 5) is 0. The van der Waals surface area contributed by atoms with Crippen molar-refractivity contribution < 1.29 is 4.74 Å². The maximum atomic E-state index is 5.66. The Morgan fingerprint density at radius 1 is 1.46 bits per heavy atom. The Kier molecular flexibility index (Phi) is 3.98. The predicted molar refractivity (Wildman–Crippen MR) is 56.7 cm³/mol. The highest BCUT2D eigenvalue weighted by molar-refractivity contribution is 4.90. The highest BCUT2D eigenvalue weighted by atomic mass is 16.5. The average Bonchev–Trinajstić information content (AvgIpc) is 2.03. The summed E-state index contributed by atoms with van der Waals surface area (Å²) in [7, 11) is 0. The minimum absolute atomic E-state index is 0.447. The molecule has 13 heavy (non-hydrogen) atoms. The highest BCUT2D eigenvalue weighted by Crippen LogP contribution is 2.30. The molecule has 0 aromatic heterocycles. The van der Waals surface area contributed by atoms with Crippen LogP contribution in [0.25, 0.3) is 0 Å². The van der Waals surface area contributed by atoms with Gasteiger partial charge < -0.3 is 4.74 Å². The molecule has 1 heteroatoms. The van der Waals surface area contributed by atoms with E-state index in [-0.39, 0.29) is 0 Å².